The van der Waals surface area contributed by atoms with Crippen LogP contribution < -0.4 is 0 Å². The van der Waals surface area contributed by atoms with Crippen LogP contribution in [0.15, 0.2) is 18.3 Å². The van der Waals surface area contributed by atoms with E-state index in [0.717, 1.165) is 25.9 Å². The highest BCUT2D eigenvalue weighted by Crippen LogP contribution is 2.17. The van der Waals surface area contributed by atoms with E-state index < -0.39 is 0 Å². The highest BCUT2D eigenvalue weighted by Gasteiger charge is 2.24. The Balaban J connectivity index is 1.97. The van der Waals surface area contributed by atoms with Gasteiger partial charge in [-0.3, -0.25) is 4.79 Å². The lowest BCUT2D eigenvalue weighted by molar-refractivity contribution is 0.0663. The summed E-state index contributed by atoms with van der Waals surface area (Å²) in [6.45, 7) is 1.62. The fourth-order valence-corrected chi connectivity index (χ4v) is 2.38. The molecule has 18 heavy (non-hydrogen) atoms. The zero-order valence-corrected chi connectivity index (χ0v) is 11.5. The number of hydrogen-bond acceptors (Lipinski definition) is 3. The standard InChI is InChI=1S/C13H18ClN3O/c1-16(2)11-5-7-17(8-6-11)13(18)10-3-4-12(14)15-9-10/h3-4,9,11H,5-8H2,1-2H3. The van der Waals surface area contributed by atoms with Gasteiger partial charge in [-0.1, -0.05) is 11.6 Å². The van der Waals surface area contributed by atoms with Gasteiger partial charge in [-0.25, -0.2) is 4.98 Å². The molecule has 1 aromatic heterocycles. The lowest BCUT2D eigenvalue weighted by atomic mass is 10.0. The molecule has 0 radical (unpaired) electrons. The largest absolute Gasteiger partial charge is 0.338 e. The first-order chi connectivity index (χ1) is 8.58. The highest BCUT2D eigenvalue weighted by atomic mass is 35.5. The van der Waals surface area contributed by atoms with Gasteiger partial charge in [0.2, 0.25) is 0 Å². The first kappa shape index (κ1) is 13.3. The predicted octanol–water partition coefficient (Wildman–Crippen LogP) is 1.90. The van der Waals surface area contributed by atoms with E-state index in [-0.39, 0.29) is 5.91 Å². The summed E-state index contributed by atoms with van der Waals surface area (Å²) in [7, 11) is 4.18. The Bertz CT molecular complexity index is 411. The van der Waals surface area contributed by atoms with E-state index in [2.05, 4.69) is 24.0 Å². The molecule has 98 valence electrons. The van der Waals surface area contributed by atoms with Crippen LogP contribution in [-0.2, 0) is 0 Å². The molecule has 2 heterocycles. The first-order valence-corrected chi connectivity index (χ1v) is 6.53. The summed E-state index contributed by atoms with van der Waals surface area (Å²) in [6.07, 6.45) is 3.60. The molecule has 0 aliphatic carbocycles. The van der Waals surface area contributed by atoms with Crippen molar-refractivity contribution < 1.29 is 4.79 Å². The quantitative estimate of drug-likeness (QED) is 0.768. The molecule has 2 rings (SSSR count). The number of nitrogens with zero attached hydrogens (tertiary/aromatic N) is 3. The van der Waals surface area contributed by atoms with Crippen molar-refractivity contribution in [3.05, 3.63) is 29.0 Å². The average Bonchev–Trinajstić information content (AvgIpc) is 2.39. The van der Waals surface area contributed by atoms with Gasteiger partial charge in [0.25, 0.3) is 5.91 Å². The third kappa shape index (κ3) is 3.00. The molecule has 1 aliphatic rings. The fraction of sp³-hybridized carbons (Fsp3) is 0.538. The smallest absolute Gasteiger partial charge is 0.255 e. The molecule has 1 aliphatic heterocycles. The van der Waals surface area contributed by atoms with Crippen molar-refractivity contribution in [2.75, 3.05) is 27.2 Å². The van der Waals surface area contributed by atoms with Gasteiger partial charge in [0, 0.05) is 25.3 Å². The lowest BCUT2D eigenvalue weighted by Gasteiger charge is -2.35. The fourth-order valence-electron chi connectivity index (χ4n) is 2.27. The lowest BCUT2D eigenvalue weighted by Crippen LogP contribution is -2.44. The van der Waals surface area contributed by atoms with Crippen molar-refractivity contribution in [2.45, 2.75) is 18.9 Å². The summed E-state index contributed by atoms with van der Waals surface area (Å²) >= 11 is 5.71. The van der Waals surface area contributed by atoms with E-state index in [9.17, 15) is 4.79 Å². The molecule has 1 aromatic rings. The van der Waals surface area contributed by atoms with E-state index in [0.29, 0.717) is 16.8 Å². The number of rotatable bonds is 2. The van der Waals surface area contributed by atoms with Crippen LogP contribution in [0.1, 0.15) is 23.2 Å². The number of amides is 1. The second-order valence-electron chi connectivity index (χ2n) is 4.86. The van der Waals surface area contributed by atoms with Gasteiger partial charge in [0.15, 0.2) is 0 Å². The Morgan fingerprint density at radius 3 is 2.56 bits per heavy atom. The molecule has 1 fully saturated rings. The Morgan fingerprint density at radius 1 is 1.39 bits per heavy atom. The van der Waals surface area contributed by atoms with Crippen LogP contribution in [-0.4, -0.2) is 53.9 Å². The molecule has 1 amide bonds. The van der Waals surface area contributed by atoms with Gasteiger partial charge in [-0.2, -0.15) is 0 Å². The van der Waals surface area contributed by atoms with Gasteiger partial charge in [-0.15, -0.1) is 0 Å². The number of hydrogen-bond donors (Lipinski definition) is 0. The van der Waals surface area contributed by atoms with E-state index in [4.69, 9.17) is 11.6 Å². The zero-order chi connectivity index (χ0) is 13.1. The average molecular weight is 268 g/mol. The summed E-state index contributed by atoms with van der Waals surface area (Å²) in [5.41, 5.74) is 0.614. The minimum atomic E-state index is 0.0522. The molecule has 0 atom stereocenters. The number of pyridine rings is 1. The SMILES string of the molecule is CN(C)C1CCN(C(=O)c2ccc(Cl)nc2)CC1. The number of carbonyl (C=O) groups excluding carboxylic acids is 1. The number of piperidine rings is 1. The number of likely N-dealkylation sites (tertiary alicyclic amines) is 1. The van der Waals surface area contributed by atoms with Crippen molar-refractivity contribution in [1.29, 1.82) is 0 Å². The molecule has 0 saturated carbocycles. The van der Waals surface area contributed by atoms with E-state index in [1.165, 1.54) is 0 Å². The molecule has 0 aromatic carbocycles. The van der Waals surface area contributed by atoms with Crippen LogP contribution >= 0.6 is 11.6 Å². The number of carbonyl (C=O) groups is 1. The summed E-state index contributed by atoms with van der Waals surface area (Å²) < 4.78 is 0. The number of halogens is 1. The molecule has 0 N–H and O–H groups in total. The first-order valence-electron chi connectivity index (χ1n) is 6.15. The van der Waals surface area contributed by atoms with Crippen molar-refractivity contribution in [2.24, 2.45) is 0 Å². The van der Waals surface area contributed by atoms with Crippen molar-refractivity contribution >= 4 is 17.5 Å². The van der Waals surface area contributed by atoms with E-state index in [1.54, 1.807) is 18.3 Å². The molecule has 5 heteroatoms. The van der Waals surface area contributed by atoms with Crippen molar-refractivity contribution in [3.8, 4) is 0 Å². The molecule has 0 unspecified atom stereocenters. The topological polar surface area (TPSA) is 36.4 Å². The maximum absolute atomic E-state index is 12.2. The summed E-state index contributed by atoms with van der Waals surface area (Å²) in [6, 6.07) is 3.97. The van der Waals surface area contributed by atoms with Gasteiger partial charge in [0.1, 0.15) is 5.15 Å². The molecular formula is C13H18ClN3O. The minimum absolute atomic E-state index is 0.0522. The third-order valence-corrected chi connectivity index (χ3v) is 3.68. The van der Waals surface area contributed by atoms with Gasteiger partial charge in [0.05, 0.1) is 5.56 Å². The van der Waals surface area contributed by atoms with Crippen molar-refractivity contribution in [3.63, 3.8) is 0 Å². The molecular weight excluding hydrogens is 250 g/mol. The molecule has 0 spiro atoms. The highest BCUT2D eigenvalue weighted by molar-refractivity contribution is 6.29. The monoisotopic (exact) mass is 267 g/mol. The van der Waals surface area contributed by atoms with Crippen LogP contribution in [0.2, 0.25) is 5.15 Å². The van der Waals surface area contributed by atoms with Gasteiger partial charge in [-0.05, 0) is 39.1 Å². The normalized spacial score (nSPS) is 17.2. The Labute approximate surface area is 113 Å². The second kappa shape index (κ2) is 5.67. The Morgan fingerprint density at radius 2 is 2.06 bits per heavy atom. The van der Waals surface area contributed by atoms with Crippen LogP contribution in [0.4, 0.5) is 0 Å². The number of aromatic nitrogens is 1. The zero-order valence-electron chi connectivity index (χ0n) is 10.8. The molecule has 1 saturated heterocycles. The second-order valence-corrected chi connectivity index (χ2v) is 5.24. The van der Waals surface area contributed by atoms with Crippen LogP contribution in [0.5, 0.6) is 0 Å². The third-order valence-electron chi connectivity index (χ3n) is 3.46. The summed E-state index contributed by atoms with van der Waals surface area (Å²) in [5.74, 6) is 0.0522. The maximum atomic E-state index is 12.2. The van der Waals surface area contributed by atoms with Crippen LogP contribution in [0.25, 0.3) is 0 Å². The summed E-state index contributed by atoms with van der Waals surface area (Å²) in [4.78, 5) is 20.3. The maximum Gasteiger partial charge on any atom is 0.255 e. The molecule has 0 bridgehead atoms. The Hall–Kier alpha value is -1.13. The predicted molar refractivity (Wildman–Crippen MR) is 71.9 cm³/mol. The van der Waals surface area contributed by atoms with E-state index in [1.807, 2.05) is 4.90 Å². The van der Waals surface area contributed by atoms with Crippen LogP contribution in [0, 0.1) is 0 Å². The summed E-state index contributed by atoms with van der Waals surface area (Å²) in [5, 5.41) is 0.415. The Kier molecular flexibility index (Phi) is 4.19. The van der Waals surface area contributed by atoms with Gasteiger partial charge >= 0.3 is 0 Å². The van der Waals surface area contributed by atoms with Crippen LogP contribution in [0.3, 0.4) is 0 Å². The van der Waals surface area contributed by atoms with Gasteiger partial charge < -0.3 is 9.80 Å². The van der Waals surface area contributed by atoms with Crippen molar-refractivity contribution in [1.82, 2.24) is 14.8 Å². The minimum Gasteiger partial charge on any atom is -0.338 e. The molecule has 4 nitrogen and oxygen atoms in total. The van der Waals surface area contributed by atoms with E-state index >= 15 is 0 Å².